The Balaban J connectivity index is 1.47. The topological polar surface area (TPSA) is 40.5 Å². The Morgan fingerprint density at radius 2 is 1.61 bits per heavy atom. The fourth-order valence-electron chi connectivity index (χ4n) is 9.19. The summed E-state index contributed by atoms with van der Waals surface area (Å²) in [5.41, 5.74) is 0.437. The van der Waals surface area contributed by atoms with Gasteiger partial charge in [-0.15, -0.1) is 0 Å². The molecule has 4 aliphatic carbocycles. The molecule has 4 fully saturated rings. The molecule has 3 heteroatoms. The van der Waals surface area contributed by atoms with Crippen LogP contribution in [-0.2, 0) is 0 Å². The van der Waals surface area contributed by atoms with Crippen LogP contribution in [0.25, 0.3) is 0 Å². The van der Waals surface area contributed by atoms with Gasteiger partial charge in [-0.3, -0.25) is 0 Å². The van der Waals surface area contributed by atoms with E-state index in [2.05, 4.69) is 57.2 Å². The molecule has 10 atom stereocenters. The van der Waals surface area contributed by atoms with E-state index in [-0.39, 0.29) is 0 Å². The maximum atomic E-state index is 10.8. The molecule has 0 amide bonds. The molecule has 2 N–H and O–H groups in total. The van der Waals surface area contributed by atoms with E-state index in [1.165, 1.54) is 51.4 Å². The molecule has 0 bridgehead atoms. The van der Waals surface area contributed by atoms with Gasteiger partial charge in [0.25, 0.3) is 0 Å². The van der Waals surface area contributed by atoms with E-state index in [0.29, 0.717) is 22.7 Å². The van der Waals surface area contributed by atoms with Crippen LogP contribution in [0, 0.1) is 52.3 Å². The smallest absolute Gasteiger partial charge is 0.116 e. The number of alkyl halides is 1. The lowest BCUT2D eigenvalue weighted by Crippen LogP contribution is -2.55. The molecule has 0 aromatic heterocycles. The normalized spacial score (nSPS) is 50.3. The molecule has 0 saturated heterocycles. The molecule has 0 aromatic rings. The third-order valence-electron chi connectivity index (χ3n) is 11.8. The van der Waals surface area contributed by atoms with E-state index in [9.17, 15) is 10.2 Å². The molecule has 180 valence electrons. The third kappa shape index (κ3) is 4.28. The SMILES string of the molecule is CC(C)[C@](C)(O)CC[C@@H](C)[C@H]1CC[C@H]2[C@@H]3CC[C@H]4C[C@](O)(I)CC[C@]4(C)[C@H]3CC[C@]12C. The predicted molar refractivity (Wildman–Crippen MR) is 138 cm³/mol. The van der Waals surface area contributed by atoms with Crippen LogP contribution >= 0.6 is 22.6 Å². The summed E-state index contributed by atoms with van der Waals surface area (Å²) in [5, 5.41) is 21.5. The van der Waals surface area contributed by atoms with Gasteiger partial charge in [0.05, 0.1) is 5.60 Å². The van der Waals surface area contributed by atoms with Gasteiger partial charge in [0.15, 0.2) is 0 Å². The largest absolute Gasteiger partial charge is 0.390 e. The highest BCUT2D eigenvalue weighted by Crippen LogP contribution is 2.69. The van der Waals surface area contributed by atoms with Crippen molar-refractivity contribution in [1.82, 2.24) is 0 Å². The van der Waals surface area contributed by atoms with Gasteiger partial charge in [0, 0.05) is 0 Å². The molecular formula is C28H49IO2. The van der Waals surface area contributed by atoms with E-state index >= 15 is 0 Å². The average Bonchev–Trinajstić information content (AvgIpc) is 3.04. The summed E-state index contributed by atoms with van der Waals surface area (Å²) >= 11 is 2.33. The van der Waals surface area contributed by atoms with Crippen LogP contribution in [0.5, 0.6) is 0 Å². The zero-order valence-electron chi connectivity index (χ0n) is 21.1. The van der Waals surface area contributed by atoms with Crippen molar-refractivity contribution in [2.24, 2.45) is 52.3 Å². The monoisotopic (exact) mass is 544 g/mol. The van der Waals surface area contributed by atoms with Crippen LogP contribution in [0.2, 0.25) is 0 Å². The second kappa shape index (κ2) is 8.40. The van der Waals surface area contributed by atoms with Crippen molar-refractivity contribution in [2.45, 2.75) is 121 Å². The number of aliphatic hydroxyl groups is 2. The lowest BCUT2D eigenvalue weighted by molar-refractivity contribution is -0.132. The minimum atomic E-state index is -0.528. The Kier molecular flexibility index (Phi) is 6.71. The molecule has 0 spiro atoms. The Morgan fingerprint density at radius 1 is 0.935 bits per heavy atom. The summed E-state index contributed by atoms with van der Waals surface area (Å²) in [6.45, 7) is 14.1. The summed E-state index contributed by atoms with van der Waals surface area (Å²) in [6, 6.07) is 0. The summed E-state index contributed by atoms with van der Waals surface area (Å²) in [4.78, 5) is 0. The number of fused-ring (bicyclic) bond motifs is 5. The summed E-state index contributed by atoms with van der Waals surface area (Å²) in [5.74, 6) is 5.30. The van der Waals surface area contributed by atoms with E-state index in [1.54, 1.807) is 0 Å². The molecule has 0 aliphatic heterocycles. The summed E-state index contributed by atoms with van der Waals surface area (Å²) < 4.78 is -0.455. The Bertz CT molecular complexity index is 657. The van der Waals surface area contributed by atoms with Crippen molar-refractivity contribution in [3.05, 3.63) is 0 Å². The lowest BCUT2D eigenvalue weighted by atomic mass is 9.44. The molecule has 4 rings (SSSR count). The quantitative estimate of drug-likeness (QED) is 0.277. The maximum absolute atomic E-state index is 10.8. The van der Waals surface area contributed by atoms with E-state index in [1.807, 2.05) is 6.92 Å². The highest BCUT2D eigenvalue weighted by Gasteiger charge is 2.61. The molecule has 0 aromatic carbocycles. The first-order valence-electron chi connectivity index (χ1n) is 13.4. The number of hydrogen-bond acceptors (Lipinski definition) is 2. The highest BCUT2D eigenvalue weighted by molar-refractivity contribution is 14.1. The van der Waals surface area contributed by atoms with Crippen molar-refractivity contribution in [1.29, 1.82) is 0 Å². The highest BCUT2D eigenvalue weighted by atomic mass is 127. The van der Waals surface area contributed by atoms with E-state index < -0.39 is 9.21 Å². The first-order valence-corrected chi connectivity index (χ1v) is 14.5. The molecule has 0 heterocycles. The molecule has 31 heavy (non-hydrogen) atoms. The van der Waals surface area contributed by atoms with Gasteiger partial charge in [0.1, 0.15) is 3.61 Å². The van der Waals surface area contributed by atoms with Crippen LogP contribution < -0.4 is 0 Å². The van der Waals surface area contributed by atoms with E-state index in [0.717, 1.165) is 48.9 Å². The predicted octanol–water partition coefficient (Wildman–Crippen LogP) is 7.59. The zero-order valence-corrected chi connectivity index (χ0v) is 23.2. The number of halogens is 1. The fraction of sp³-hybridized carbons (Fsp3) is 1.00. The number of hydrogen-bond donors (Lipinski definition) is 2. The van der Waals surface area contributed by atoms with Gasteiger partial charge in [-0.25, -0.2) is 0 Å². The molecule has 4 aliphatic rings. The molecule has 0 unspecified atom stereocenters. The van der Waals surface area contributed by atoms with Gasteiger partial charge < -0.3 is 10.2 Å². The minimum Gasteiger partial charge on any atom is -0.390 e. The van der Waals surface area contributed by atoms with Gasteiger partial charge in [-0.1, -0.05) is 34.6 Å². The second-order valence-electron chi connectivity index (χ2n) is 13.5. The number of rotatable bonds is 5. The minimum absolute atomic E-state index is 0.327. The van der Waals surface area contributed by atoms with Gasteiger partial charge >= 0.3 is 0 Å². The van der Waals surface area contributed by atoms with Gasteiger partial charge in [0.2, 0.25) is 0 Å². The maximum Gasteiger partial charge on any atom is 0.116 e. The van der Waals surface area contributed by atoms with Crippen LogP contribution in [0.4, 0.5) is 0 Å². The van der Waals surface area contributed by atoms with Crippen LogP contribution in [-0.4, -0.2) is 19.4 Å². The molecule has 4 saturated carbocycles. The van der Waals surface area contributed by atoms with Gasteiger partial charge in [-0.2, -0.15) is 0 Å². The van der Waals surface area contributed by atoms with Crippen molar-refractivity contribution >= 4 is 22.6 Å². The summed E-state index contributed by atoms with van der Waals surface area (Å²) in [6.07, 6.45) is 13.7. The molecular weight excluding hydrogens is 495 g/mol. The summed E-state index contributed by atoms with van der Waals surface area (Å²) in [7, 11) is 0. The standard InChI is InChI=1S/C28H49IO2/c1-18(2)27(6,30)14-11-19(3)22-9-10-23-21-8-7-20-17-28(29,31)16-15-25(20,4)24(21)12-13-26(22,23)5/h18-24,30-31H,7-17H2,1-6H3/t19-,20+,21+,22-,23+,24+,25+,26-,27-,28+/m1/s1. The molecule has 2 nitrogen and oxygen atoms in total. The van der Waals surface area contributed by atoms with Crippen molar-refractivity contribution in [3.8, 4) is 0 Å². The second-order valence-corrected chi connectivity index (χ2v) is 15.5. The van der Waals surface area contributed by atoms with Crippen LogP contribution in [0.3, 0.4) is 0 Å². The third-order valence-corrected chi connectivity index (χ3v) is 12.8. The van der Waals surface area contributed by atoms with Crippen molar-refractivity contribution < 1.29 is 10.2 Å². The fourth-order valence-corrected chi connectivity index (χ4v) is 9.99. The van der Waals surface area contributed by atoms with Gasteiger partial charge in [-0.05, 0) is 152 Å². The average molecular weight is 545 g/mol. The molecule has 0 radical (unpaired) electrons. The lowest BCUT2D eigenvalue weighted by Gasteiger charge is -2.62. The first kappa shape index (κ1) is 24.8. The van der Waals surface area contributed by atoms with Crippen LogP contribution in [0.1, 0.15) is 112 Å². The van der Waals surface area contributed by atoms with E-state index in [4.69, 9.17) is 0 Å². The van der Waals surface area contributed by atoms with Crippen molar-refractivity contribution in [2.75, 3.05) is 0 Å². The van der Waals surface area contributed by atoms with Crippen LogP contribution in [0.15, 0.2) is 0 Å². The Labute approximate surface area is 205 Å². The van der Waals surface area contributed by atoms with Crippen molar-refractivity contribution in [3.63, 3.8) is 0 Å². The zero-order chi connectivity index (χ0) is 22.8. The Hall–Kier alpha value is 0.650. The first-order chi connectivity index (χ1) is 14.3. The Morgan fingerprint density at radius 3 is 2.29 bits per heavy atom.